The van der Waals surface area contributed by atoms with Crippen LogP contribution in [-0.2, 0) is 26.8 Å². The number of hydrogen-bond donors (Lipinski definition) is 0. The van der Waals surface area contributed by atoms with Crippen LogP contribution in [0, 0.1) is 0 Å². The summed E-state index contributed by atoms with van der Waals surface area (Å²) < 4.78 is 4.70. The normalized spacial score (nSPS) is 18.9. The lowest BCUT2D eigenvalue weighted by Crippen LogP contribution is -2.33. The molecule has 1 aliphatic carbocycles. The number of rotatable bonds is 4. The van der Waals surface area contributed by atoms with Crippen molar-refractivity contribution >= 4 is 5.97 Å². The predicted molar refractivity (Wildman–Crippen MR) is 86.7 cm³/mol. The minimum Gasteiger partial charge on any atom is -0.469 e. The summed E-state index contributed by atoms with van der Waals surface area (Å²) >= 11 is 0. The minimum absolute atomic E-state index is 0.116. The van der Waals surface area contributed by atoms with Gasteiger partial charge in [-0.15, -0.1) is 0 Å². The van der Waals surface area contributed by atoms with Gasteiger partial charge in [0.15, 0.2) is 0 Å². The molecule has 1 aromatic carbocycles. The minimum atomic E-state index is -0.116. The smallest absolute Gasteiger partial charge is 0.305 e. The van der Waals surface area contributed by atoms with E-state index in [9.17, 15) is 4.79 Å². The van der Waals surface area contributed by atoms with Gasteiger partial charge in [0.05, 0.1) is 7.11 Å². The highest BCUT2D eigenvalue weighted by Crippen LogP contribution is 2.45. The fourth-order valence-electron chi connectivity index (χ4n) is 3.33. The van der Waals surface area contributed by atoms with Gasteiger partial charge in [-0.1, -0.05) is 45.9 Å². The number of carbonyl (C=O) groups excluding carboxylic acids is 1. The second kappa shape index (κ2) is 5.82. The Morgan fingerprint density at radius 1 is 1.10 bits per heavy atom. The van der Waals surface area contributed by atoms with Crippen molar-refractivity contribution in [2.75, 3.05) is 7.11 Å². The van der Waals surface area contributed by atoms with Crippen LogP contribution in [0.5, 0.6) is 0 Å². The van der Waals surface area contributed by atoms with Gasteiger partial charge >= 0.3 is 5.97 Å². The van der Waals surface area contributed by atoms with Crippen molar-refractivity contribution in [2.45, 2.75) is 70.6 Å². The molecule has 2 heteroatoms. The molecule has 0 amide bonds. The number of carbonyl (C=O) groups is 1. The number of esters is 1. The third-order valence-corrected chi connectivity index (χ3v) is 4.99. The molecule has 0 saturated heterocycles. The summed E-state index contributed by atoms with van der Waals surface area (Å²) in [6.07, 6.45) is 4.78. The molecule has 1 aliphatic rings. The molecule has 0 bridgehead atoms. The van der Waals surface area contributed by atoms with Gasteiger partial charge in [0.25, 0.3) is 0 Å². The molecule has 116 valence electrons. The van der Waals surface area contributed by atoms with E-state index >= 15 is 0 Å². The fraction of sp³-hybridized carbons (Fsp3) is 0.632. The Hall–Kier alpha value is -1.31. The number of hydrogen-bond acceptors (Lipinski definition) is 2. The zero-order chi connectivity index (χ0) is 15.7. The largest absolute Gasteiger partial charge is 0.469 e. The SMILES string of the molecule is COC(=O)CCCc1ccc2c(c1)C(C)(C)CCC2(C)C. The van der Waals surface area contributed by atoms with Crippen LogP contribution in [0.2, 0.25) is 0 Å². The fourth-order valence-corrected chi connectivity index (χ4v) is 3.33. The molecule has 0 heterocycles. The molecule has 0 spiro atoms. The quantitative estimate of drug-likeness (QED) is 0.761. The van der Waals surface area contributed by atoms with E-state index in [1.54, 1.807) is 0 Å². The topological polar surface area (TPSA) is 26.3 Å². The Kier molecular flexibility index (Phi) is 4.46. The molecule has 0 aromatic heterocycles. The van der Waals surface area contributed by atoms with Crippen LogP contribution in [0.25, 0.3) is 0 Å². The molecular formula is C19H28O2. The van der Waals surface area contributed by atoms with Crippen LogP contribution in [0.4, 0.5) is 0 Å². The van der Waals surface area contributed by atoms with E-state index in [1.807, 2.05) is 0 Å². The highest BCUT2D eigenvalue weighted by Gasteiger charge is 2.36. The van der Waals surface area contributed by atoms with E-state index in [0.717, 1.165) is 12.8 Å². The Bertz CT molecular complexity index is 526. The lowest BCUT2D eigenvalue weighted by molar-refractivity contribution is -0.140. The van der Waals surface area contributed by atoms with E-state index in [1.165, 1.54) is 36.6 Å². The van der Waals surface area contributed by atoms with Gasteiger partial charge in [-0.25, -0.2) is 0 Å². The van der Waals surface area contributed by atoms with Crippen molar-refractivity contribution in [1.82, 2.24) is 0 Å². The number of ether oxygens (including phenoxy) is 1. The van der Waals surface area contributed by atoms with Crippen LogP contribution in [0.1, 0.15) is 70.1 Å². The molecule has 21 heavy (non-hydrogen) atoms. The van der Waals surface area contributed by atoms with E-state index in [4.69, 9.17) is 4.74 Å². The summed E-state index contributed by atoms with van der Waals surface area (Å²) in [7, 11) is 1.45. The molecule has 2 nitrogen and oxygen atoms in total. The zero-order valence-corrected chi connectivity index (χ0v) is 14.1. The maximum Gasteiger partial charge on any atom is 0.305 e. The molecule has 1 aromatic rings. The summed E-state index contributed by atoms with van der Waals surface area (Å²) in [6, 6.07) is 6.91. The Morgan fingerprint density at radius 3 is 2.33 bits per heavy atom. The molecule has 0 N–H and O–H groups in total. The van der Waals surface area contributed by atoms with Crippen molar-refractivity contribution in [1.29, 1.82) is 0 Å². The van der Waals surface area contributed by atoms with E-state index < -0.39 is 0 Å². The lowest BCUT2D eigenvalue weighted by atomic mass is 9.63. The van der Waals surface area contributed by atoms with Crippen molar-refractivity contribution in [3.8, 4) is 0 Å². The van der Waals surface area contributed by atoms with Gasteiger partial charge in [-0.2, -0.15) is 0 Å². The second-order valence-corrected chi connectivity index (χ2v) is 7.58. The molecule has 0 saturated carbocycles. The summed E-state index contributed by atoms with van der Waals surface area (Å²) in [4.78, 5) is 11.2. The standard InChI is InChI=1S/C19H28O2/c1-18(2)11-12-19(3,4)16-13-14(9-10-15(16)18)7-6-8-17(20)21-5/h9-10,13H,6-8,11-12H2,1-5H3. The van der Waals surface area contributed by atoms with Crippen molar-refractivity contribution in [3.05, 3.63) is 34.9 Å². The second-order valence-electron chi connectivity index (χ2n) is 7.58. The van der Waals surface area contributed by atoms with Crippen molar-refractivity contribution < 1.29 is 9.53 Å². The van der Waals surface area contributed by atoms with Gasteiger partial charge in [0.2, 0.25) is 0 Å². The first-order chi connectivity index (χ1) is 9.76. The Labute approximate surface area is 128 Å². The maximum absolute atomic E-state index is 11.2. The predicted octanol–water partition coefficient (Wildman–Crippen LogP) is 4.53. The third-order valence-electron chi connectivity index (χ3n) is 4.99. The number of benzene rings is 1. The van der Waals surface area contributed by atoms with Crippen molar-refractivity contribution in [3.63, 3.8) is 0 Å². The first-order valence-corrected chi connectivity index (χ1v) is 7.97. The molecule has 2 rings (SSSR count). The number of fused-ring (bicyclic) bond motifs is 1. The van der Waals surface area contributed by atoms with E-state index in [0.29, 0.717) is 6.42 Å². The van der Waals surface area contributed by atoms with Crippen LogP contribution >= 0.6 is 0 Å². The van der Waals surface area contributed by atoms with Crippen LogP contribution < -0.4 is 0 Å². The average molecular weight is 288 g/mol. The highest BCUT2D eigenvalue weighted by atomic mass is 16.5. The average Bonchev–Trinajstić information content (AvgIpc) is 2.44. The zero-order valence-electron chi connectivity index (χ0n) is 14.1. The van der Waals surface area contributed by atoms with Crippen LogP contribution in [-0.4, -0.2) is 13.1 Å². The molecule has 0 fully saturated rings. The summed E-state index contributed by atoms with van der Waals surface area (Å²) in [5.41, 5.74) is 4.85. The van der Waals surface area contributed by atoms with E-state index in [-0.39, 0.29) is 16.8 Å². The summed E-state index contributed by atoms with van der Waals surface area (Å²) in [5, 5.41) is 0. The number of aryl methyl sites for hydroxylation is 1. The monoisotopic (exact) mass is 288 g/mol. The molecule has 0 atom stereocenters. The first kappa shape index (κ1) is 16.1. The van der Waals surface area contributed by atoms with Crippen LogP contribution in [0.15, 0.2) is 18.2 Å². The molecule has 0 radical (unpaired) electrons. The number of methoxy groups -OCH3 is 1. The van der Waals surface area contributed by atoms with Crippen molar-refractivity contribution in [2.24, 2.45) is 0 Å². The van der Waals surface area contributed by atoms with Crippen LogP contribution in [0.3, 0.4) is 0 Å². The Morgan fingerprint density at radius 2 is 1.71 bits per heavy atom. The summed E-state index contributed by atoms with van der Waals surface area (Å²) in [6.45, 7) is 9.38. The van der Waals surface area contributed by atoms with Gasteiger partial charge in [-0.05, 0) is 53.2 Å². The maximum atomic E-state index is 11.2. The van der Waals surface area contributed by atoms with Gasteiger partial charge in [0.1, 0.15) is 0 Å². The van der Waals surface area contributed by atoms with E-state index in [2.05, 4.69) is 45.9 Å². The molecule has 0 aliphatic heterocycles. The lowest BCUT2D eigenvalue weighted by Gasteiger charge is -2.42. The van der Waals surface area contributed by atoms with Gasteiger partial charge in [-0.3, -0.25) is 4.79 Å². The van der Waals surface area contributed by atoms with Gasteiger partial charge < -0.3 is 4.74 Å². The van der Waals surface area contributed by atoms with Gasteiger partial charge in [0, 0.05) is 6.42 Å². The summed E-state index contributed by atoms with van der Waals surface area (Å²) in [5.74, 6) is -0.116. The molecule has 0 unspecified atom stereocenters. The first-order valence-electron chi connectivity index (χ1n) is 7.97. The Balaban J connectivity index is 2.19. The third kappa shape index (κ3) is 3.48. The highest BCUT2D eigenvalue weighted by molar-refractivity contribution is 5.69. The molecular weight excluding hydrogens is 260 g/mol.